The van der Waals surface area contributed by atoms with Gasteiger partial charge in [0, 0.05) is 23.6 Å². The number of aromatic amines is 1. The highest BCUT2D eigenvalue weighted by atomic mass is 16.5. The molecule has 146 valence electrons. The lowest BCUT2D eigenvalue weighted by atomic mass is 9.98. The number of rotatable bonds is 6. The van der Waals surface area contributed by atoms with Crippen LogP contribution in [0.3, 0.4) is 0 Å². The van der Waals surface area contributed by atoms with E-state index < -0.39 is 0 Å². The van der Waals surface area contributed by atoms with Crippen LogP contribution in [-0.4, -0.2) is 30.0 Å². The first-order chi connectivity index (χ1) is 14.1. The van der Waals surface area contributed by atoms with Gasteiger partial charge in [-0.05, 0) is 48.4 Å². The summed E-state index contributed by atoms with van der Waals surface area (Å²) >= 11 is 0. The second-order valence-corrected chi connectivity index (χ2v) is 6.95. The van der Waals surface area contributed by atoms with Gasteiger partial charge in [0.05, 0.1) is 25.3 Å². The van der Waals surface area contributed by atoms with Gasteiger partial charge in [0.2, 0.25) is 0 Å². The Bertz CT molecular complexity index is 1140. The van der Waals surface area contributed by atoms with E-state index >= 15 is 0 Å². The lowest BCUT2D eigenvalue weighted by Crippen LogP contribution is -2.05. The molecule has 1 heterocycles. The highest BCUT2D eigenvalue weighted by Gasteiger charge is 2.14. The van der Waals surface area contributed by atoms with Gasteiger partial charge in [-0.15, -0.1) is 0 Å². The number of hydrogen-bond acceptors (Lipinski definition) is 4. The number of ether oxygens (including phenoxy) is 2. The van der Waals surface area contributed by atoms with Crippen LogP contribution in [0.25, 0.3) is 22.4 Å². The van der Waals surface area contributed by atoms with E-state index in [2.05, 4.69) is 4.98 Å². The molecule has 0 unspecified atom stereocenters. The van der Waals surface area contributed by atoms with Crippen molar-refractivity contribution in [2.24, 2.45) is 0 Å². The molecule has 0 radical (unpaired) electrons. The molecule has 0 aliphatic rings. The normalized spacial score (nSPS) is 10.9. The Labute approximate surface area is 169 Å². The number of Topliss-reactive ketones (excluding diaryl/α,β-unsaturated/α-hetero) is 1. The van der Waals surface area contributed by atoms with Gasteiger partial charge in [0.1, 0.15) is 17.3 Å². The molecule has 0 aliphatic carbocycles. The number of aromatic nitrogens is 2. The van der Waals surface area contributed by atoms with Crippen LogP contribution in [0.1, 0.15) is 21.5 Å². The number of methoxy groups -OCH3 is 2. The molecule has 3 aromatic carbocycles. The van der Waals surface area contributed by atoms with E-state index in [4.69, 9.17) is 14.5 Å². The number of benzene rings is 3. The lowest BCUT2D eigenvalue weighted by molar-refractivity contribution is 0.0992. The molecule has 0 saturated carbocycles. The number of ketones is 1. The number of aryl methyl sites for hydroxylation is 1. The Kier molecular flexibility index (Phi) is 5.04. The SMILES string of the molecule is COc1cc(OC)cc(C(=O)Cc2ccc(C)c(-c3nc4ccccc4[nH]3)c2)c1. The van der Waals surface area contributed by atoms with E-state index in [-0.39, 0.29) is 12.2 Å². The fraction of sp³-hybridized carbons (Fsp3) is 0.167. The van der Waals surface area contributed by atoms with Crippen LogP contribution in [-0.2, 0) is 6.42 Å². The number of carbonyl (C=O) groups excluding carboxylic acids is 1. The largest absolute Gasteiger partial charge is 0.497 e. The van der Waals surface area contributed by atoms with E-state index in [0.717, 1.165) is 33.5 Å². The number of imidazole rings is 1. The molecule has 29 heavy (non-hydrogen) atoms. The number of nitrogens with one attached hydrogen (secondary N) is 1. The van der Waals surface area contributed by atoms with Gasteiger partial charge in [0.15, 0.2) is 5.78 Å². The second-order valence-electron chi connectivity index (χ2n) is 6.95. The van der Waals surface area contributed by atoms with Crippen molar-refractivity contribution in [3.8, 4) is 22.9 Å². The summed E-state index contributed by atoms with van der Waals surface area (Å²) in [7, 11) is 3.14. The Balaban J connectivity index is 1.65. The van der Waals surface area contributed by atoms with Crippen molar-refractivity contribution in [1.29, 1.82) is 0 Å². The molecule has 5 nitrogen and oxygen atoms in total. The molecule has 0 amide bonds. The van der Waals surface area contributed by atoms with Gasteiger partial charge >= 0.3 is 0 Å². The van der Waals surface area contributed by atoms with Crippen LogP contribution in [0.2, 0.25) is 0 Å². The first kappa shape index (κ1) is 18.7. The molecule has 4 aromatic rings. The van der Waals surface area contributed by atoms with Gasteiger partial charge in [-0.2, -0.15) is 0 Å². The Morgan fingerprint density at radius 1 is 0.966 bits per heavy atom. The second kappa shape index (κ2) is 7.80. The van der Waals surface area contributed by atoms with Crippen LogP contribution in [0, 0.1) is 6.92 Å². The van der Waals surface area contributed by atoms with Crippen molar-refractivity contribution in [1.82, 2.24) is 9.97 Å². The highest BCUT2D eigenvalue weighted by Crippen LogP contribution is 2.27. The van der Waals surface area contributed by atoms with Crippen molar-refractivity contribution in [3.63, 3.8) is 0 Å². The van der Waals surface area contributed by atoms with Crippen molar-refractivity contribution < 1.29 is 14.3 Å². The monoisotopic (exact) mass is 386 g/mol. The summed E-state index contributed by atoms with van der Waals surface area (Å²) in [5, 5.41) is 0. The van der Waals surface area contributed by atoms with Crippen molar-refractivity contribution in [3.05, 3.63) is 77.4 Å². The maximum Gasteiger partial charge on any atom is 0.167 e. The highest BCUT2D eigenvalue weighted by molar-refractivity contribution is 5.98. The molecule has 0 aliphatic heterocycles. The van der Waals surface area contributed by atoms with Gasteiger partial charge in [-0.25, -0.2) is 4.98 Å². The minimum atomic E-state index is 0.00149. The zero-order valence-corrected chi connectivity index (χ0v) is 16.7. The average Bonchev–Trinajstić information content (AvgIpc) is 3.18. The predicted octanol–water partition coefficient (Wildman–Crippen LogP) is 4.98. The zero-order chi connectivity index (χ0) is 20.4. The first-order valence-electron chi connectivity index (χ1n) is 9.38. The van der Waals surface area contributed by atoms with Crippen LogP contribution in [0.15, 0.2) is 60.7 Å². The summed E-state index contributed by atoms with van der Waals surface area (Å²) in [5.74, 6) is 2.00. The molecule has 0 atom stereocenters. The van der Waals surface area contributed by atoms with E-state index in [1.54, 1.807) is 32.4 Å². The maximum atomic E-state index is 12.9. The molecule has 5 heteroatoms. The van der Waals surface area contributed by atoms with Gasteiger partial charge in [-0.3, -0.25) is 4.79 Å². The number of hydrogen-bond donors (Lipinski definition) is 1. The van der Waals surface area contributed by atoms with E-state index in [1.165, 1.54) is 0 Å². The molecule has 1 aromatic heterocycles. The molecule has 0 fully saturated rings. The summed E-state index contributed by atoms with van der Waals surface area (Å²) in [6.07, 6.45) is 0.282. The summed E-state index contributed by atoms with van der Waals surface area (Å²) in [5.41, 5.74) is 5.50. The Hall–Kier alpha value is -3.60. The molecule has 4 rings (SSSR count). The minimum absolute atomic E-state index is 0.00149. The fourth-order valence-corrected chi connectivity index (χ4v) is 3.37. The third-order valence-corrected chi connectivity index (χ3v) is 4.98. The first-order valence-corrected chi connectivity index (χ1v) is 9.38. The summed E-state index contributed by atoms with van der Waals surface area (Å²) < 4.78 is 10.5. The fourth-order valence-electron chi connectivity index (χ4n) is 3.37. The topological polar surface area (TPSA) is 64.2 Å². The number of fused-ring (bicyclic) bond motifs is 1. The van der Waals surface area contributed by atoms with E-state index in [9.17, 15) is 4.79 Å². The van der Waals surface area contributed by atoms with Gasteiger partial charge in [-0.1, -0.05) is 24.3 Å². The maximum absolute atomic E-state index is 12.9. The van der Waals surface area contributed by atoms with Crippen molar-refractivity contribution >= 4 is 16.8 Å². The minimum Gasteiger partial charge on any atom is -0.497 e. The van der Waals surface area contributed by atoms with Crippen molar-refractivity contribution in [2.45, 2.75) is 13.3 Å². The quantitative estimate of drug-likeness (QED) is 0.475. The summed E-state index contributed by atoms with van der Waals surface area (Å²) in [4.78, 5) is 20.9. The molecule has 0 saturated heterocycles. The third kappa shape index (κ3) is 3.85. The average molecular weight is 386 g/mol. The summed E-state index contributed by atoms with van der Waals surface area (Å²) in [6.45, 7) is 2.04. The van der Waals surface area contributed by atoms with Crippen LogP contribution >= 0.6 is 0 Å². The number of H-pyrrole nitrogens is 1. The zero-order valence-electron chi connectivity index (χ0n) is 16.7. The number of para-hydroxylation sites is 2. The van der Waals surface area contributed by atoms with E-state index in [0.29, 0.717) is 17.1 Å². The number of nitrogens with zero attached hydrogens (tertiary/aromatic N) is 1. The Morgan fingerprint density at radius 3 is 2.38 bits per heavy atom. The smallest absolute Gasteiger partial charge is 0.167 e. The van der Waals surface area contributed by atoms with Crippen LogP contribution in [0.4, 0.5) is 0 Å². The van der Waals surface area contributed by atoms with E-state index in [1.807, 2.05) is 49.4 Å². The molecular formula is C24H22N2O3. The molecule has 0 spiro atoms. The van der Waals surface area contributed by atoms with Gasteiger partial charge < -0.3 is 14.5 Å². The number of carbonyl (C=O) groups is 1. The van der Waals surface area contributed by atoms with Crippen LogP contribution < -0.4 is 9.47 Å². The molecular weight excluding hydrogens is 364 g/mol. The standard InChI is InChI=1S/C24H22N2O3/c1-15-8-9-16(10-20(15)24-25-21-6-4-5-7-22(21)26-24)11-23(27)17-12-18(28-2)14-19(13-17)29-3/h4-10,12-14H,11H2,1-3H3,(H,25,26). The Morgan fingerprint density at radius 2 is 1.69 bits per heavy atom. The van der Waals surface area contributed by atoms with Gasteiger partial charge in [0.25, 0.3) is 0 Å². The third-order valence-electron chi connectivity index (χ3n) is 4.98. The lowest BCUT2D eigenvalue weighted by Gasteiger charge is -2.09. The summed E-state index contributed by atoms with van der Waals surface area (Å²) in [6, 6.07) is 19.2. The van der Waals surface area contributed by atoms with Crippen LogP contribution in [0.5, 0.6) is 11.5 Å². The molecule has 0 bridgehead atoms. The van der Waals surface area contributed by atoms with Crippen molar-refractivity contribution in [2.75, 3.05) is 14.2 Å². The predicted molar refractivity (Wildman–Crippen MR) is 114 cm³/mol. The molecule has 1 N–H and O–H groups in total.